The molecule has 0 saturated carbocycles. The fourth-order valence-electron chi connectivity index (χ4n) is 0.250. The van der Waals surface area contributed by atoms with Crippen molar-refractivity contribution in [2.24, 2.45) is 5.41 Å². The van der Waals surface area contributed by atoms with E-state index in [0.29, 0.717) is 6.42 Å². The summed E-state index contributed by atoms with van der Waals surface area (Å²) in [5.74, 6) is 0. The summed E-state index contributed by atoms with van der Waals surface area (Å²) in [5.41, 5.74) is 0.182. The van der Waals surface area contributed by atoms with Gasteiger partial charge in [0, 0.05) is 6.42 Å². The Kier molecular flexibility index (Phi) is 6.09. The molecule has 0 aromatic rings. The summed E-state index contributed by atoms with van der Waals surface area (Å²) >= 11 is 0. The number of hydrogen-bond acceptors (Lipinski definition) is 1. The molecule has 0 aromatic carbocycles. The molecule has 0 aliphatic carbocycles. The first-order valence-corrected chi connectivity index (χ1v) is 2.50. The van der Waals surface area contributed by atoms with E-state index in [1.807, 2.05) is 20.8 Å². The van der Waals surface area contributed by atoms with Crippen LogP contribution in [0.2, 0.25) is 0 Å². The molecule has 0 amide bonds. The van der Waals surface area contributed by atoms with Crippen molar-refractivity contribution in [3.05, 3.63) is 0 Å². The second-order valence-corrected chi connectivity index (χ2v) is 2.93. The number of hydrogen-bond donors (Lipinski definition) is 0. The topological polar surface area (TPSA) is 17.1 Å². The van der Waals surface area contributed by atoms with Gasteiger partial charge in [0.15, 0.2) is 0 Å². The molecule has 0 heterocycles. The summed E-state index contributed by atoms with van der Waals surface area (Å²) in [4.78, 5) is 9.82. The molecule has 0 saturated heterocycles. The minimum atomic E-state index is 0. The van der Waals surface area contributed by atoms with Crippen LogP contribution in [-0.2, 0) is 4.79 Å². The van der Waals surface area contributed by atoms with E-state index in [4.69, 9.17) is 0 Å². The largest absolute Gasteiger partial charge is 2.00 e. The van der Waals surface area contributed by atoms with Crippen LogP contribution in [0.25, 0.3) is 0 Å². The summed E-state index contributed by atoms with van der Waals surface area (Å²) in [6, 6.07) is 0. The molecule has 0 spiro atoms. The molecule has 0 atom stereocenters. The third-order valence-electron chi connectivity index (χ3n) is 0.696. The quantitative estimate of drug-likeness (QED) is 0.384. The summed E-state index contributed by atoms with van der Waals surface area (Å²) in [6.45, 7) is 6.13. The smallest absolute Gasteiger partial charge is 1.00 e. The average molecular weight is 126 g/mol. The van der Waals surface area contributed by atoms with Gasteiger partial charge < -0.3 is 7.65 Å². The van der Waals surface area contributed by atoms with Crippen molar-refractivity contribution in [2.75, 3.05) is 0 Å². The molecule has 0 radical (unpaired) electrons. The predicted molar refractivity (Wildman–Crippen MR) is 38.1 cm³/mol. The van der Waals surface area contributed by atoms with Crippen LogP contribution in [0.4, 0.5) is 0 Å². The van der Waals surface area contributed by atoms with Crippen LogP contribution >= 0.6 is 0 Å². The van der Waals surface area contributed by atoms with Gasteiger partial charge in [-0.1, -0.05) is 20.8 Å². The van der Waals surface area contributed by atoms with Crippen molar-refractivity contribution >= 4 is 29.3 Å². The van der Waals surface area contributed by atoms with Gasteiger partial charge in [-0.3, -0.25) is 0 Å². The number of carbonyl (C=O) groups is 1. The van der Waals surface area contributed by atoms with E-state index in [1.54, 1.807) is 0 Å². The molecule has 0 unspecified atom stereocenters. The van der Waals surface area contributed by atoms with Crippen LogP contribution in [0.1, 0.15) is 30.0 Å². The normalized spacial score (nSPS) is 9.88. The molecule has 2 heteroatoms. The standard InChI is InChI=1S/C6H12O.Mg.2H/c1-6(2,3)4-5-7;;;/h5H,4H2,1-3H3;;;/q;+2;2*-1. The fraction of sp³-hybridized carbons (Fsp3) is 0.833. The van der Waals surface area contributed by atoms with E-state index < -0.39 is 0 Å². The van der Waals surface area contributed by atoms with Crippen molar-refractivity contribution in [3.8, 4) is 0 Å². The van der Waals surface area contributed by atoms with Crippen LogP contribution in [0.3, 0.4) is 0 Å². The van der Waals surface area contributed by atoms with Crippen molar-refractivity contribution in [1.82, 2.24) is 0 Å². The van der Waals surface area contributed by atoms with E-state index >= 15 is 0 Å². The summed E-state index contributed by atoms with van der Waals surface area (Å²) in [6.07, 6.45) is 1.62. The molecular weight excluding hydrogens is 112 g/mol. The van der Waals surface area contributed by atoms with Crippen LogP contribution in [-0.4, -0.2) is 29.3 Å². The Balaban J connectivity index is -0.0000000600. The third kappa shape index (κ3) is 9.66. The summed E-state index contributed by atoms with van der Waals surface area (Å²) in [5, 5.41) is 0. The monoisotopic (exact) mass is 126 g/mol. The van der Waals surface area contributed by atoms with Gasteiger partial charge in [0.2, 0.25) is 0 Å². The molecule has 0 aliphatic heterocycles. The van der Waals surface area contributed by atoms with E-state index in [-0.39, 0.29) is 31.3 Å². The maximum Gasteiger partial charge on any atom is 2.00 e. The van der Waals surface area contributed by atoms with Crippen LogP contribution in [0, 0.1) is 5.41 Å². The van der Waals surface area contributed by atoms with Gasteiger partial charge in [0.05, 0.1) is 0 Å². The summed E-state index contributed by atoms with van der Waals surface area (Å²) < 4.78 is 0. The van der Waals surface area contributed by atoms with E-state index in [2.05, 4.69) is 0 Å². The number of rotatable bonds is 1. The Morgan fingerprint density at radius 3 is 1.88 bits per heavy atom. The molecule has 0 rings (SSSR count). The van der Waals surface area contributed by atoms with Gasteiger partial charge in [0.25, 0.3) is 0 Å². The first-order chi connectivity index (χ1) is 3.06. The fourth-order valence-corrected chi connectivity index (χ4v) is 0.250. The second kappa shape index (κ2) is 4.33. The minimum absolute atomic E-state index is 0. The van der Waals surface area contributed by atoms with E-state index in [1.165, 1.54) is 0 Å². The molecular formula is C6H14MgO. The van der Waals surface area contributed by atoms with Gasteiger partial charge in [-0.2, -0.15) is 0 Å². The van der Waals surface area contributed by atoms with E-state index in [0.717, 1.165) is 6.29 Å². The third-order valence-corrected chi connectivity index (χ3v) is 0.696. The molecule has 0 N–H and O–H groups in total. The maximum atomic E-state index is 9.82. The first kappa shape index (κ1) is 11.3. The van der Waals surface area contributed by atoms with Gasteiger partial charge >= 0.3 is 23.1 Å². The zero-order valence-corrected chi connectivity index (χ0v) is 7.31. The average Bonchev–Trinajstić information content (AvgIpc) is 1.30. The van der Waals surface area contributed by atoms with Gasteiger partial charge in [-0.25, -0.2) is 0 Å². The first-order valence-electron chi connectivity index (χ1n) is 2.50. The molecule has 0 aromatic heterocycles. The second-order valence-electron chi connectivity index (χ2n) is 2.93. The minimum Gasteiger partial charge on any atom is -1.00 e. The molecule has 46 valence electrons. The zero-order chi connectivity index (χ0) is 5.91. The van der Waals surface area contributed by atoms with Gasteiger partial charge in [0.1, 0.15) is 6.29 Å². The van der Waals surface area contributed by atoms with Crippen molar-refractivity contribution < 1.29 is 7.65 Å². The Hall–Kier alpha value is 0.436. The Morgan fingerprint density at radius 1 is 1.50 bits per heavy atom. The van der Waals surface area contributed by atoms with Gasteiger partial charge in [-0.15, -0.1) is 0 Å². The molecule has 0 fully saturated rings. The van der Waals surface area contributed by atoms with Crippen LogP contribution < -0.4 is 0 Å². The maximum absolute atomic E-state index is 9.82. The van der Waals surface area contributed by atoms with Crippen LogP contribution in [0.15, 0.2) is 0 Å². The Labute approximate surface area is 70.0 Å². The Morgan fingerprint density at radius 2 is 1.88 bits per heavy atom. The molecule has 8 heavy (non-hydrogen) atoms. The molecule has 0 aliphatic rings. The summed E-state index contributed by atoms with van der Waals surface area (Å²) in [7, 11) is 0. The van der Waals surface area contributed by atoms with E-state index in [9.17, 15) is 4.79 Å². The zero-order valence-electron chi connectivity index (χ0n) is 7.90. The molecule has 1 nitrogen and oxygen atoms in total. The van der Waals surface area contributed by atoms with Crippen LogP contribution in [0.5, 0.6) is 0 Å². The predicted octanol–water partition coefficient (Wildman–Crippen LogP) is 1.47. The van der Waals surface area contributed by atoms with Crippen molar-refractivity contribution in [2.45, 2.75) is 27.2 Å². The van der Waals surface area contributed by atoms with Gasteiger partial charge in [-0.05, 0) is 5.41 Å². The van der Waals surface area contributed by atoms with Crippen molar-refractivity contribution in [3.63, 3.8) is 0 Å². The Bertz CT molecular complexity index is 70.6. The molecule has 0 bridgehead atoms. The SMILES string of the molecule is CC(C)(C)CC=O.[H-].[H-].[Mg+2]. The van der Waals surface area contributed by atoms with Crippen molar-refractivity contribution in [1.29, 1.82) is 0 Å². The number of carbonyl (C=O) groups excluding carboxylic acids is 1. The number of aldehydes is 1.